The van der Waals surface area contributed by atoms with E-state index in [0.29, 0.717) is 12.1 Å². The summed E-state index contributed by atoms with van der Waals surface area (Å²) in [5, 5.41) is 11.0. The van der Waals surface area contributed by atoms with Crippen molar-refractivity contribution in [2.45, 2.75) is 51.9 Å². The average molecular weight is 234 g/mol. The van der Waals surface area contributed by atoms with E-state index in [4.69, 9.17) is 0 Å². The predicted octanol–water partition coefficient (Wildman–Crippen LogP) is 2.06. The number of carboxylic acid groups (broad SMARTS) is 1. The van der Waals surface area contributed by atoms with E-state index in [-0.39, 0.29) is 0 Å². The zero-order valence-corrected chi connectivity index (χ0v) is 10.6. The smallest absolute Gasteiger partial charge is 0.0504 e. The monoisotopic (exact) mass is 234 g/mol. The number of aromatic nitrogens is 1. The minimum absolute atomic E-state index is 0.522. The van der Waals surface area contributed by atoms with Gasteiger partial charge in [0.15, 0.2) is 0 Å². The maximum Gasteiger partial charge on any atom is 0.0504 e. The Labute approximate surface area is 103 Å². The summed E-state index contributed by atoms with van der Waals surface area (Å²) in [6.07, 6.45) is 4.91. The molecule has 0 saturated carbocycles. The molecule has 1 atom stereocenters. The van der Waals surface area contributed by atoms with E-state index in [1.54, 1.807) is 6.07 Å². The van der Waals surface area contributed by atoms with Crippen LogP contribution in [-0.2, 0) is 11.2 Å². The maximum atomic E-state index is 11.0. The summed E-state index contributed by atoms with van der Waals surface area (Å²) in [7, 11) is 0. The number of rotatable bonds is 7. The molecule has 0 fully saturated rings. The van der Waals surface area contributed by atoms with Crippen molar-refractivity contribution in [3.63, 3.8) is 0 Å². The third-order valence-electron chi connectivity index (χ3n) is 2.91. The largest absolute Gasteiger partial charge is 0.549 e. The summed E-state index contributed by atoms with van der Waals surface area (Å²) in [4.78, 5) is 15.4. The van der Waals surface area contributed by atoms with E-state index in [1.165, 1.54) is 12.8 Å². The van der Waals surface area contributed by atoms with E-state index >= 15 is 0 Å². The van der Waals surface area contributed by atoms with Crippen LogP contribution < -0.4 is 5.11 Å². The first-order chi connectivity index (χ1) is 8.19. The fourth-order valence-corrected chi connectivity index (χ4v) is 1.88. The number of hydrogen-bond donors (Lipinski definition) is 0. The average Bonchev–Trinajstić information content (AvgIpc) is 2.30. The van der Waals surface area contributed by atoms with Gasteiger partial charge in [-0.15, -0.1) is 0 Å². The van der Waals surface area contributed by atoms with Gasteiger partial charge in [-0.2, -0.15) is 0 Å². The van der Waals surface area contributed by atoms with Crippen molar-refractivity contribution in [1.82, 2.24) is 4.98 Å². The molecule has 17 heavy (non-hydrogen) atoms. The fraction of sp³-hybridized carbons (Fsp3) is 0.571. The second-order valence-corrected chi connectivity index (χ2v) is 4.29. The van der Waals surface area contributed by atoms with E-state index in [9.17, 15) is 9.90 Å². The van der Waals surface area contributed by atoms with Crippen molar-refractivity contribution in [3.05, 3.63) is 29.6 Å². The molecular formula is C14H20NO2-. The van der Waals surface area contributed by atoms with Gasteiger partial charge in [0.2, 0.25) is 0 Å². The summed E-state index contributed by atoms with van der Waals surface area (Å²) < 4.78 is 0. The lowest BCUT2D eigenvalue weighted by molar-refractivity contribution is -0.308. The Bertz CT molecular complexity index is 363. The highest BCUT2D eigenvalue weighted by atomic mass is 16.4. The molecule has 1 aromatic rings. The Morgan fingerprint density at radius 2 is 2.12 bits per heavy atom. The number of nitrogens with zero attached hydrogens (tertiary/aromatic N) is 1. The SMILES string of the molecule is CCCCCc1cccc(C(CC)C(=O)[O-])n1. The van der Waals surface area contributed by atoms with Crippen LogP contribution in [0.1, 0.15) is 56.8 Å². The van der Waals surface area contributed by atoms with Crippen molar-refractivity contribution in [3.8, 4) is 0 Å². The third kappa shape index (κ3) is 4.17. The fourth-order valence-electron chi connectivity index (χ4n) is 1.88. The van der Waals surface area contributed by atoms with Gasteiger partial charge in [0.1, 0.15) is 0 Å². The van der Waals surface area contributed by atoms with Crippen LogP contribution in [0.4, 0.5) is 0 Å². The van der Waals surface area contributed by atoms with Gasteiger partial charge >= 0.3 is 0 Å². The molecule has 0 radical (unpaired) electrons. The van der Waals surface area contributed by atoms with Crippen molar-refractivity contribution >= 4 is 5.97 Å². The first-order valence-corrected chi connectivity index (χ1v) is 6.35. The molecule has 94 valence electrons. The number of carbonyl (C=O) groups is 1. The molecule has 3 heteroatoms. The van der Waals surface area contributed by atoms with Gasteiger partial charge in [-0.25, -0.2) is 0 Å². The van der Waals surface area contributed by atoms with Crippen LogP contribution in [-0.4, -0.2) is 11.0 Å². The normalized spacial score (nSPS) is 12.4. The number of carboxylic acids is 1. The van der Waals surface area contributed by atoms with Gasteiger partial charge in [-0.3, -0.25) is 4.98 Å². The van der Waals surface area contributed by atoms with Crippen molar-refractivity contribution in [1.29, 1.82) is 0 Å². The second kappa shape index (κ2) is 7.05. The molecular weight excluding hydrogens is 214 g/mol. The Morgan fingerprint density at radius 3 is 2.71 bits per heavy atom. The molecule has 1 aromatic heterocycles. The summed E-state index contributed by atoms with van der Waals surface area (Å²) in [6.45, 7) is 4.00. The van der Waals surface area contributed by atoms with Crippen LogP contribution in [0.3, 0.4) is 0 Å². The van der Waals surface area contributed by atoms with Gasteiger partial charge in [0, 0.05) is 17.3 Å². The molecule has 0 aromatic carbocycles. The lowest BCUT2D eigenvalue weighted by atomic mass is 10.0. The van der Waals surface area contributed by atoms with E-state index in [2.05, 4.69) is 11.9 Å². The number of hydrogen-bond acceptors (Lipinski definition) is 3. The highest BCUT2D eigenvalue weighted by molar-refractivity contribution is 5.73. The molecule has 0 N–H and O–H groups in total. The predicted molar refractivity (Wildman–Crippen MR) is 65.5 cm³/mol. The molecule has 1 unspecified atom stereocenters. The summed E-state index contributed by atoms with van der Waals surface area (Å²) >= 11 is 0. The molecule has 1 rings (SSSR count). The summed E-state index contributed by atoms with van der Waals surface area (Å²) in [5.74, 6) is -1.62. The Kier molecular flexibility index (Phi) is 5.67. The molecule has 0 bridgehead atoms. The van der Waals surface area contributed by atoms with Crippen LogP contribution >= 0.6 is 0 Å². The van der Waals surface area contributed by atoms with E-state index in [1.807, 2.05) is 19.1 Å². The summed E-state index contributed by atoms with van der Waals surface area (Å²) in [6, 6.07) is 5.61. The van der Waals surface area contributed by atoms with Gasteiger partial charge in [0.25, 0.3) is 0 Å². The first kappa shape index (κ1) is 13.7. The number of pyridine rings is 1. The molecule has 0 aliphatic carbocycles. The van der Waals surface area contributed by atoms with Crippen molar-refractivity contribution in [2.24, 2.45) is 0 Å². The Hall–Kier alpha value is -1.38. The maximum absolute atomic E-state index is 11.0. The van der Waals surface area contributed by atoms with Gasteiger partial charge in [-0.1, -0.05) is 32.8 Å². The van der Waals surface area contributed by atoms with Crippen LogP contribution in [0.15, 0.2) is 18.2 Å². The van der Waals surface area contributed by atoms with Gasteiger partial charge in [-0.05, 0) is 31.4 Å². The molecule has 0 amide bonds. The standard InChI is InChI=1S/C14H21NO2/c1-3-5-6-8-11-9-7-10-13(15-11)12(4-2)14(16)17/h7,9-10,12H,3-6,8H2,1-2H3,(H,16,17)/p-1. The van der Waals surface area contributed by atoms with Crippen LogP contribution in [0.2, 0.25) is 0 Å². The van der Waals surface area contributed by atoms with Crippen molar-refractivity contribution in [2.75, 3.05) is 0 Å². The minimum Gasteiger partial charge on any atom is -0.549 e. The molecule has 0 spiro atoms. The third-order valence-corrected chi connectivity index (χ3v) is 2.91. The zero-order valence-electron chi connectivity index (χ0n) is 10.6. The Morgan fingerprint density at radius 1 is 1.35 bits per heavy atom. The topological polar surface area (TPSA) is 53.0 Å². The highest BCUT2D eigenvalue weighted by Crippen LogP contribution is 2.17. The molecule has 1 heterocycles. The molecule has 0 aliphatic heterocycles. The van der Waals surface area contributed by atoms with Crippen LogP contribution in [0, 0.1) is 0 Å². The van der Waals surface area contributed by atoms with Gasteiger partial charge < -0.3 is 9.90 Å². The lowest BCUT2D eigenvalue weighted by Gasteiger charge is -2.16. The first-order valence-electron chi connectivity index (χ1n) is 6.35. The highest BCUT2D eigenvalue weighted by Gasteiger charge is 2.12. The zero-order chi connectivity index (χ0) is 12.7. The van der Waals surface area contributed by atoms with Crippen LogP contribution in [0.5, 0.6) is 0 Å². The van der Waals surface area contributed by atoms with E-state index in [0.717, 1.165) is 18.5 Å². The van der Waals surface area contributed by atoms with Crippen molar-refractivity contribution < 1.29 is 9.90 Å². The van der Waals surface area contributed by atoms with Crippen LogP contribution in [0.25, 0.3) is 0 Å². The number of aliphatic carboxylic acids is 1. The minimum atomic E-state index is -1.04. The molecule has 0 aliphatic rings. The number of carbonyl (C=O) groups excluding carboxylic acids is 1. The van der Waals surface area contributed by atoms with Gasteiger partial charge in [0.05, 0.1) is 5.97 Å². The second-order valence-electron chi connectivity index (χ2n) is 4.29. The number of aryl methyl sites for hydroxylation is 1. The molecule has 3 nitrogen and oxygen atoms in total. The molecule has 0 saturated heterocycles. The summed E-state index contributed by atoms with van der Waals surface area (Å²) in [5.41, 5.74) is 1.61. The number of unbranched alkanes of at least 4 members (excludes halogenated alkanes) is 2. The quantitative estimate of drug-likeness (QED) is 0.678. The Balaban J connectivity index is 2.73. The van der Waals surface area contributed by atoms with E-state index < -0.39 is 11.9 Å². The lowest BCUT2D eigenvalue weighted by Crippen LogP contribution is -2.30.